The van der Waals surface area contributed by atoms with Gasteiger partial charge in [0.05, 0.1) is 17.8 Å². The number of nitrogens with zero attached hydrogens (tertiary/aromatic N) is 2. The van der Waals surface area contributed by atoms with E-state index < -0.39 is 17.6 Å². The van der Waals surface area contributed by atoms with Crippen molar-refractivity contribution in [1.82, 2.24) is 9.80 Å². The van der Waals surface area contributed by atoms with E-state index in [1.54, 1.807) is 28.0 Å². The van der Waals surface area contributed by atoms with Crippen molar-refractivity contribution in [3.63, 3.8) is 0 Å². The number of halogens is 4. The molecule has 0 bridgehead atoms. The highest BCUT2D eigenvalue weighted by Crippen LogP contribution is 2.49. The average Bonchev–Trinajstić information content (AvgIpc) is 3.54. The number of rotatable bonds is 5. The third-order valence-electron chi connectivity index (χ3n) is 5.97. The lowest BCUT2D eigenvalue weighted by molar-refractivity contribution is -0.137. The van der Waals surface area contributed by atoms with E-state index in [0.717, 1.165) is 6.07 Å². The lowest BCUT2D eigenvalue weighted by Gasteiger charge is -2.34. The SMILES string of the molecule is O=C(CN1CCN(C(=O)C2CC2c2ccccc2F)CC1)Nc1ccccc1C(F)(F)F. The molecule has 2 unspecified atom stereocenters. The Balaban J connectivity index is 1.26. The van der Waals surface area contributed by atoms with Gasteiger partial charge in [0, 0.05) is 32.1 Å². The van der Waals surface area contributed by atoms with Crippen LogP contribution in [0.3, 0.4) is 0 Å². The van der Waals surface area contributed by atoms with Crippen LogP contribution in [0, 0.1) is 11.7 Å². The van der Waals surface area contributed by atoms with Crippen molar-refractivity contribution in [2.24, 2.45) is 5.92 Å². The van der Waals surface area contributed by atoms with Crippen LogP contribution in [0.2, 0.25) is 0 Å². The summed E-state index contributed by atoms with van der Waals surface area (Å²) in [6.45, 7) is 1.67. The third kappa shape index (κ3) is 4.93. The topological polar surface area (TPSA) is 52.7 Å². The molecule has 1 aliphatic heterocycles. The Labute approximate surface area is 183 Å². The number of alkyl halides is 3. The highest BCUT2D eigenvalue weighted by atomic mass is 19.4. The fraction of sp³-hybridized carbons (Fsp3) is 0.391. The minimum Gasteiger partial charge on any atom is -0.340 e. The van der Waals surface area contributed by atoms with Gasteiger partial charge in [0.2, 0.25) is 11.8 Å². The second-order valence-corrected chi connectivity index (χ2v) is 8.16. The minimum absolute atomic E-state index is 0.0125. The smallest absolute Gasteiger partial charge is 0.340 e. The van der Waals surface area contributed by atoms with Crippen molar-refractivity contribution >= 4 is 17.5 Å². The zero-order valence-corrected chi connectivity index (χ0v) is 17.2. The lowest BCUT2D eigenvalue weighted by Crippen LogP contribution is -2.51. The molecule has 1 heterocycles. The minimum atomic E-state index is -4.56. The number of carbonyl (C=O) groups is 2. The summed E-state index contributed by atoms with van der Waals surface area (Å²) in [5.74, 6) is -1.16. The van der Waals surface area contributed by atoms with Crippen molar-refractivity contribution in [2.45, 2.75) is 18.5 Å². The summed E-state index contributed by atoms with van der Waals surface area (Å²) in [6.07, 6.45) is -3.93. The number of piperazine rings is 1. The van der Waals surface area contributed by atoms with Gasteiger partial charge in [-0.25, -0.2) is 4.39 Å². The van der Waals surface area contributed by atoms with E-state index in [4.69, 9.17) is 0 Å². The van der Waals surface area contributed by atoms with Crippen LogP contribution in [0.15, 0.2) is 48.5 Å². The van der Waals surface area contributed by atoms with Crippen LogP contribution in [0.1, 0.15) is 23.5 Å². The second kappa shape index (κ2) is 8.90. The molecule has 4 rings (SSSR count). The molecule has 1 N–H and O–H groups in total. The number of amides is 2. The Morgan fingerprint density at radius 1 is 0.969 bits per heavy atom. The Kier molecular flexibility index (Phi) is 6.19. The average molecular weight is 449 g/mol. The van der Waals surface area contributed by atoms with Gasteiger partial charge in [0.1, 0.15) is 5.82 Å². The number of para-hydroxylation sites is 1. The van der Waals surface area contributed by atoms with Crippen LogP contribution < -0.4 is 5.32 Å². The standard InChI is InChI=1S/C23H23F4N3O2/c24-19-7-3-1-5-15(19)16-13-17(16)22(32)30-11-9-29(10-12-30)14-21(31)28-20-8-4-2-6-18(20)23(25,26)27/h1-8,16-17H,9-14H2,(H,28,31). The van der Waals surface area contributed by atoms with Crippen molar-refractivity contribution in [3.05, 3.63) is 65.5 Å². The second-order valence-electron chi connectivity index (χ2n) is 8.16. The van der Waals surface area contributed by atoms with Gasteiger partial charge in [0.15, 0.2) is 0 Å². The van der Waals surface area contributed by atoms with Crippen LogP contribution >= 0.6 is 0 Å². The van der Waals surface area contributed by atoms with Gasteiger partial charge in [-0.05, 0) is 36.1 Å². The van der Waals surface area contributed by atoms with Gasteiger partial charge in [-0.1, -0.05) is 30.3 Å². The van der Waals surface area contributed by atoms with Gasteiger partial charge < -0.3 is 10.2 Å². The first-order valence-electron chi connectivity index (χ1n) is 10.5. The number of anilines is 1. The van der Waals surface area contributed by atoms with Crippen molar-refractivity contribution in [2.75, 3.05) is 38.0 Å². The first-order valence-corrected chi connectivity index (χ1v) is 10.5. The van der Waals surface area contributed by atoms with Crippen molar-refractivity contribution in [1.29, 1.82) is 0 Å². The van der Waals surface area contributed by atoms with E-state index in [9.17, 15) is 27.2 Å². The monoisotopic (exact) mass is 449 g/mol. The van der Waals surface area contributed by atoms with E-state index in [0.29, 0.717) is 38.2 Å². The molecule has 9 heteroatoms. The predicted molar refractivity (Wildman–Crippen MR) is 110 cm³/mol. The maximum absolute atomic E-state index is 13.9. The number of nitrogens with one attached hydrogen (secondary N) is 1. The molecule has 0 aromatic heterocycles. The number of hydrogen-bond donors (Lipinski definition) is 1. The molecule has 5 nitrogen and oxygen atoms in total. The largest absolute Gasteiger partial charge is 0.418 e. The fourth-order valence-corrected chi connectivity index (χ4v) is 4.18. The van der Waals surface area contributed by atoms with Crippen LogP contribution in [0.4, 0.5) is 23.2 Å². The Morgan fingerprint density at radius 3 is 2.31 bits per heavy atom. The Bertz CT molecular complexity index is 1000. The summed E-state index contributed by atoms with van der Waals surface area (Å²) in [5, 5.41) is 2.34. The quantitative estimate of drug-likeness (QED) is 0.708. The van der Waals surface area contributed by atoms with E-state index >= 15 is 0 Å². The molecule has 0 radical (unpaired) electrons. The van der Waals surface area contributed by atoms with Gasteiger partial charge in [-0.15, -0.1) is 0 Å². The van der Waals surface area contributed by atoms with E-state index in [-0.39, 0.29) is 35.8 Å². The molecule has 2 aromatic carbocycles. The van der Waals surface area contributed by atoms with Crippen LogP contribution in [-0.2, 0) is 15.8 Å². The van der Waals surface area contributed by atoms with Crippen LogP contribution in [-0.4, -0.2) is 54.3 Å². The summed E-state index contributed by atoms with van der Waals surface area (Å²) >= 11 is 0. The van der Waals surface area contributed by atoms with Gasteiger partial charge in [-0.2, -0.15) is 13.2 Å². The van der Waals surface area contributed by atoms with E-state index in [2.05, 4.69) is 5.32 Å². The molecule has 2 aromatic rings. The molecule has 0 spiro atoms. The zero-order valence-electron chi connectivity index (χ0n) is 17.2. The van der Waals surface area contributed by atoms with Gasteiger partial charge in [0.25, 0.3) is 0 Å². The number of carbonyl (C=O) groups excluding carboxylic acids is 2. The molecule has 1 saturated heterocycles. The molecule has 32 heavy (non-hydrogen) atoms. The van der Waals surface area contributed by atoms with Crippen molar-refractivity contribution < 1.29 is 27.2 Å². The highest BCUT2D eigenvalue weighted by Gasteiger charge is 2.47. The first-order chi connectivity index (χ1) is 15.2. The molecular weight excluding hydrogens is 426 g/mol. The molecule has 2 fully saturated rings. The Hall–Kier alpha value is -2.94. The third-order valence-corrected chi connectivity index (χ3v) is 5.97. The molecule has 2 atom stereocenters. The Morgan fingerprint density at radius 2 is 1.62 bits per heavy atom. The first kappa shape index (κ1) is 22.3. The lowest BCUT2D eigenvalue weighted by atomic mass is 10.1. The van der Waals surface area contributed by atoms with Crippen LogP contribution in [0.25, 0.3) is 0 Å². The maximum Gasteiger partial charge on any atom is 0.418 e. The fourth-order valence-electron chi connectivity index (χ4n) is 4.18. The molecule has 2 aliphatic rings. The van der Waals surface area contributed by atoms with Gasteiger partial charge >= 0.3 is 6.18 Å². The molecule has 2 amide bonds. The normalized spacial score (nSPS) is 21.3. The predicted octanol–water partition coefficient (Wildman–Crippen LogP) is 3.73. The number of hydrogen-bond acceptors (Lipinski definition) is 3. The summed E-state index contributed by atoms with van der Waals surface area (Å²) in [7, 11) is 0. The van der Waals surface area contributed by atoms with E-state index in [1.165, 1.54) is 24.3 Å². The number of benzene rings is 2. The summed E-state index contributed by atoms with van der Waals surface area (Å²) in [4.78, 5) is 28.6. The van der Waals surface area contributed by atoms with Crippen molar-refractivity contribution in [3.8, 4) is 0 Å². The van der Waals surface area contributed by atoms with Gasteiger partial charge in [-0.3, -0.25) is 14.5 Å². The molecule has 1 aliphatic carbocycles. The molecular formula is C23H23F4N3O2. The summed E-state index contributed by atoms with van der Waals surface area (Å²) in [6, 6.07) is 11.3. The molecule has 1 saturated carbocycles. The van der Waals surface area contributed by atoms with E-state index in [1.807, 2.05) is 0 Å². The maximum atomic E-state index is 13.9. The summed E-state index contributed by atoms with van der Waals surface area (Å²) < 4.78 is 53.2. The summed E-state index contributed by atoms with van der Waals surface area (Å²) in [5.41, 5.74) is -0.593. The highest BCUT2D eigenvalue weighted by molar-refractivity contribution is 5.93. The molecule has 170 valence electrons. The zero-order chi connectivity index (χ0) is 22.9. The van der Waals surface area contributed by atoms with Crippen LogP contribution in [0.5, 0.6) is 0 Å².